The van der Waals surface area contributed by atoms with E-state index in [4.69, 9.17) is 9.84 Å². The number of rotatable bonds is 6. The van der Waals surface area contributed by atoms with E-state index in [-0.39, 0.29) is 24.7 Å². The van der Waals surface area contributed by atoms with Crippen LogP contribution in [-0.2, 0) is 9.59 Å². The third-order valence-corrected chi connectivity index (χ3v) is 4.50. The molecule has 2 atom stereocenters. The molecule has 0 bridgehead atoms. The van der Waals surface area contributed by atoms with Crippen LogP contribution >= 0.6 is 0 Å². The molecule has 0 saturated carbocycles. The Labute approximate surface area is 150 Å². The summed E-state index contributed by atoms with van der Waals surface area (Å²) in [6.45, 7) is 0.547. The third-order valence-electron chi connectivity index (χ3n) is 4.50. The van der Waals surface area contributed by atoms with Crippen molar-refractivity contribution in [2.45, 2.75) is 31.2 Å². The molecule has 0 unspecified atom stereocenters. The normalized spacial score (nSPS) is 16.9. The highest BCUT2D eigenvalue weighted by Gasteiger charge is 2.25. The lowest BCUT2D eigenvalue weighted by molar-refractivity contribution is -0.137. The van der Waals surface area contributed by atoms with Crippen molar-refractivity contribution >= 4 is 11.9 Å². The summed E-state index contributed by atoms with van der Waals surface area (Å²) in [4.78, 5) is 23.7. The molecule has 2 N–H and O–H groups in total. The first-order valence-corrected chi connectivity index (χ1v) is 8.51. The number of carboxylic acid groups (broad SMARTS) is 1. The number of benzene rings is 2. The van der Waals surface area contributed by atoms with E-state index in [9.17, 15) is 14.0 Å². The second-order valence-electron chi connectivity index (χ2n) is 6.35. The number of nitrogens with one attached hydrogen (secondary N) is 1. The molecule has 1 aliphatic rings. The summed E-state index contributed by atoms with van der Waals surface area (Å²) >= 11 is 0. The quantitative estimate of drug-likeness (QED) is 0.831. The van der Waals surface area contributed by atoms with Crippen LogP contribution in [0.15, 0.2) is 48.5 Å². The molecule has 1 heterocycles. The Morgan fingerprint density at radius 2 is 1.92 bits per heavy atom. The van der Waals surface area contributed by atoms with Crippen molar-refractivity contribution in [1.82, 2.24) is 5.32 Å². The number of carbonyl (C=O) groups excluding carboxylic acids is 1. The fraction of sp³-hybridized carbons (Fsp3) is 0.300. The van der Waals surface area contributed by atoms with Gasteiger partial charge in [0.1, 0.15) is 11.6 Å². The van der Waals surface area contributed by atoms with Crippen molar-refractivity contribution in [2.24, 2.45) is 0 Å². The van der Waals surface area contributed by atoms with Gasteiger partial charge in [-0.3, -0.25) is 9.59 Å². The van der Waals surface area contributed by atoms with E-state index in [1.54, 1.807) is 0 Å². The standard InChI is InChI=1S/C20H20FNO4/c21-15-7-5-13(6-8-15)17(12-20(24)25)22-19(23)11-14-9-10-26-18-4-2-1-3-16(14)18/h1-8,14,17H,9-12H2,(H,22,23)(H,24,25)/t14-,17-/m1/s1. The summed E-state index contributed by atoms with van der Waals surface area (Å²) in [6, 6.07) is 12.4. The predicted molar refractivity (Wildman–Crippen MR) is 93.4 cm³/mol. The van der Waals surface area contributed by atoms with Gasteiger partial charge in [0.2, 0.25) is 5.91 Å². The molecule has 0 aliphatic carbocycles. The van der Waals surface area contributed by atoms with E-state index >= 15 is 0 Å². The topological polar surface area (TPSA) is 75.6 Å². The molecule has 0 saturated heterocycles. The van der Waals surface area contributed by atoms with Gasteiger partial charge in [0.15, 0.2) is 0 Å². The van der Waals surface area contributed by atoms with E-state index in [0.29, 0.717) is 12.2 Å². The van der Waals surface area contributed by atoms with Crippen LogP contribution in [0.2, 0.25) is 0 Å². The van der Waals surface area contributed by atoms with Gasteiger partial charge in [-0.1, -0.05) is 30.3 Å². The maximum Gasteiger partial charge on any atom is 0.305 e. The Morgan fingerprint density at radius 1 is 1.19 bits per heavy atom. The second kappa shape index (κ2) is 7.99. The zero-order valence-electron chi connectivity index (χ0n) is 14.2. The summed E-state index contributed by atoms with van der Waals surface area (Å²) in [6.07, 6.45) is 0.712. The molecule has 1 amide bonds. The number of fused-ring (bicyclic) bond motifs is 1. The average Bonchev–Trinajstić information content (AvgIpc) is 2.62. The number of halogens is 1. The van der Waals surface area contributed by atoms with Crippen molar-refractivity contribution < 1.29 is 23.8 Å². The molecule has 0 fully saturated rings. The van der Waals surface area contributed by atoms with Crippen LogP contribution in [0.5, 0.6) is 5.75 Å². The van der Waals surface area contributed by atoms with Gasteiger partial charge in [0, 0.05) is 6.42 Å². The lowest BCUT2D eigenvalue weighted by atomic mass is 9.90. The second-order valence-corrected chi connectivity index (χ2v) is 6.35. The molecular weight excluding hydrogens is 337 g/mol. The highest BCUT2D eigenvalue weighted by molar-refractivity contribution is 5.78. The molecule has 26 heavy (non-hydrogen) atoms. The minimum atomic E-state index is -1.03. The highest BCUT2D eigenvalue weighted by Crippen LogP contribution is 2.35. The molecule has 0 radical (unpaired) electrons. The molecule has 1 aliphatic heterocycles. The highest BCUT2D eigenvalue weighted by atomic mass is 19.1. The number of hydrogen-bond acceptors (Lipinski definition) is 3. The van der Waals surface area contributed by atoms with E-state index in [1.807, 2.05) is 24.3 Å². The summed E-state index contributed by atoms with van der Waals surface area (Å²) < 4.78 is 18.7. The molecule has 5 nitrogen and oxygen atoms in total. The monoisotopic (exact) mass is 357 g/mol. The van der Waals surface area contributed by atoms with Crippen LogP contribution in [0.25, 0.3) is 0 Å². The van der Waals surface area contributed by atoms with Crippen molar-refractivity contribution in [3.8, 4) is 5.75 Å². The minimum Gasteiger partial charge on any atom is -0.493 e. The SMILES string of the molecule is O=C(O)C[C@@H](NC(=O)C[C@H]1CCOc2ccccc21)c1ccc(F)cc1. The Morgan fingerprint density at radius 3 is 2.65 bits per heavy atom. The molecule has 2 aromatic carbocycles. The molecule has 0 aromatic heterocycles. The zero-order valence-corrected chi connectivity index (χ0v) is 14.2. The first-order chi connectivity index (χ1) is 12.5. The largest absolute Gasteiger partial charge is 0.493 e. The van der Waals surface area contributed by atoms with Crippen molar-refractivity contribution in [3.63, 3.8) is 0 Å². The van der Waals surface area contributed by atoms with Crippen LogP contribution < -0.4 is 10.1 Å². The van der Waals surface area contributed by atoms with Gasteiger partial charge in [-0.25, -0.2) is 4.39 Å². The van der Waals surface area contributed by atoms with Crippen LogP contribution in [0.1, 0.15) is 42.3 Å². The Bertz CT molecular complexity index is 791. The van der Waals surface area contributed by atoms with Gasteiger partial charge in [0.05, 0.1) is 19.1 Å². The maximum absolute atomic E-state index is 13.1. The lowest BCUT2D eigenvalue weighted by Crippen LogP contribution is -2.32. The summed E-state index contributed by atoms with van der Waals surface area (Å²) in [5, 5.41) is 11.9. The Balaban J connectivity index is 1.70. The maximum atomic E-state index is 13.1. The summed E-state index contributed by atoms with van der Waals surface area (Å²) in [5.74, 6) is -0.859. The van der Waals surface area contributed by atoms with E-state index in [1.165, 1.54) is 24.3 Å². The van der Waals surface area contributed by atoms with Crippen molar-refractivity contribution in [2.75, 3.05) is 6.61 Å². The average molecular weight is 357 g/mol. The third kappa shape index (κ3) is 4.39. The fourth-order valence-corrected chi connectivity index (χ4v) is 3.23. The van der Waals surface area contributed by atoms with Crippen LogP contribution in [-0.4, -0.2) is 23.6 Å². The lowest BCUT2D eigenvalue weighted by Gasteiger charge is -2.26. The summed E-state index contributed by atoms with van der Waals surface area (Å²) in [7, 11) is 0. The van der Waals surface area contributed by atoms with Gasteiger partial charge in [0.25, 0.3) is 0 Å². The zero-order chi connectivity index (χ0) is 18.5. The predicted octanol–water partition coefficient (Wildman–Crippen LogP) is 3.41. The van der Waals surface area contributed by atoms with Crippen LogP contribution in [0.4, 0.5) is 4.39 Å². The number of ether oxygens (including phenoxy) is 1. The smallest absolute Gasteiger partial charge is 0.305 e. The number of amides is 1. The molecule has 6 heteroatoms. The number of para-hydroxylation sites is 1. The number of carboxylic acids is 1. The number of carbonyl (C=O) groups is 2. The first-order valence-electron chi connectivity index (χ1n) is 8.51. The molecule has 2 aromatic rings. The van der Waals surface area contributed by atoms with E-state index in [2.05, 4.69) is 5.32 Å². The molecule has 3 rings (SSSR count). The van der Waals surface area contributed by atoms with E-state index in [0.717, 1.165) is 17.7 Å². The minimum absolute atomic E-state index is 0.0265. The van der Waals surface area contributed by atoms with Crippen LogP contribution in [0.3, 0.4) is 0 Å². The number of aliphatic carboxylic acids is 1. The molecule has 0 spiro atoms. The van der Waals surface area contributed by atoms with Gasteiger partial charge in [-0.05, 0) is 41.7 Å². The van der Waals surface area contributed by atoms with Crippen LogP contribution in [0, 0.1) is 5.82 Å². The molecular formula is C20H20FNO4. The van der Waals surface area contributed by atoms with E-state index < -0.39 is 17.8 Å². The Kier molecular flexibility index (Phi) is 5.51. The Hall–Kier alpha value is -2.89. The number of hydrogen-bond donors (Lipinski definition) is 2. The summed E-state index contributed by atoms with van der Waals surface area (Å²) in [5.41, 5.74) is 1.56. The van der Waals surface area contributed by atoms with Crippen molar-refractivity contribution in [1.29, 1.82) is 0 Å². The van der Waals surface area contributed by atoms with Crippen molar-refractivity contribution in [3.05, 3.63) is 65.5 Å². The fourth-order valence-electron chi connectivity index (χ4n) is 3.23. The van der Waals surface area contributed by atoms with Gasteiger partial charge >= 0.3 is 5.97 Å². The van der Waals surface area contributed by atoms with Gasteiger partial charge in [-0.15, -0.1) is 0 Å². The molecule has 136 valence electrons. The first kappa shape index (κ1) is 17.9. The van der Waals surface area contributed by atoms with Gasteiger partial charge < -0.3 is 15.2 Å². The van der Waals surface area contributed by atoms with Gasteiger partial charge in [-0.2, -0.15) is 0 Å².